The highest BCUT2D eigenvalue weighted by Gasteiger charge is 2.21. The van der Waals surface area contributed by atoms with Gasteiger partial charge in [0.1, 0.15) is 5.82 Å². The number of hydrogen-bond acceptors (Lipinski definition) is 2. The van der Waals surface area contributed by atoms with E-state index in [-0.39, 0.29) is 0 Å². The van der Waals surface area contributed by atoms with E-state index < -0.39 is 0 Å². The summed E-state index contributed by atoms with van der Waals surface area (Å²) in [5.74, 6) is 1.69. The van der Waals surface area contributed by atoms with Gasteiger partial charge in [0.2, 0.25) is 0 Å². The lowest BCUT2D eigenvalue weighted by Crippen LogP contribution is -2.23. The Bertz CT molecular complexity index is 532. The number of hydrogen-bond donors (Lipinski definition) is 0. The molecule has 1 saturated heterocycles. The molecule has 0 spiro atoms. The maximum atomic E-state index is 5.89. The van der Waals surface area contributed by atoms with Crippen LogP contribution in [0.25, 0.3) is 11.0 Å². The number of para-hydroxylation sites is 2. The predicted molar refractivity (Wildman–Crippen MR) is 73.2 cm³/mol. The molecular formula is C14H17ClN2O. The fraction of sp³-hybridized carbons (Fsp3) is 0.500. The number of aromatic nitrogens is 2. The molecule has 1 aliphatic rings. The van der Waals surface area contributed by atoms with Crippen molar-refractivity contribution < 1.29 is 4.74 Å². The van der Waals surface area contributed by atoms with Gasteiger partial charge in [-0.15, -0.1) is 11.6 Å². The molecule has 0 saturated carbocycles. The van der Waals surface area contributed by atoms with Gasteiger partial charge in [0.05, 0.1) is 23.7 Å². The molecule has 2 heterocycles. The third kappa shape index (κ3) is 2.13. The van der Waals surface area contributed by atoms with Gasteiger partial charge in [-0.2, -0.15) is 0 Å². The van der Waals surface area contributed by atoms with E-state index in [1.807, 2.05) is 6.07 Å². The van der Waals surface area contributed by atoms with Gasteiger partial charge in [0, 0.05) is 18.9 Å². The number of rotatable bonds is 3. The van der Waals surface area contributed by atoms with Crippen molar-refractivity contribution in [3.05, 3.63) is 30.1 Å². The number of alkyl halides is 1. The van der Waals surface area contributed by atoms with E-state index in [9.17, 15) is 0 Å². The molecule has 3 nitrogen and oxygen atoms in total. The average molecular weight is 265 g/mol. The fourth-order valence-electron chi connectivity index (χ4n) is 2.69. The molecule has 3 rings (SSSR count). The van der Waals surface area contributed by atoms with Crippen LogP contribution in [-0.2, 0) is 11.2 Å². The molecule has 0 N–H and O–H groups in total. The van der Waals surface area contributed by atoms with Crippen LogP contribution in [-0.4, -0.2) is 28.6 Å². The van der Waals surface area contributed by atoms with E-state index >= 15 is 0 Å². The normalized spacial score (nSPS) is 20.4. The highest BCUT2D eigenvalue weighted by atomic mass is 35.5. The van der Waals surface area contributed by atoms with E-state index in [1.54, 1.807) is 0 Å². The van der Waals surface area contributed by atoms with Crippen molar-refractivity contribution in [3.63, 3.8) is 0 Å². The Morgan fingerprint density at radius 2 is 2.28 bits per heavy atom. The minimum absolute atomic E-state index is 0.407. The molecule has 96 valence electrons. The number of fused-ring (bicyclic) bond motifs is 1. The van der Waals surface area contributed by atoms with E-state index in [0.717, 1.165) is 43.8 Å². The largest absolute Gasteiger partial charge is 0.379 e. The molecular weight excluding hydrogens is 248 g/mol. The Morgan fingerprint density at radius 1 is 1.39 bits per heavy atom. The third-order valence-electron chi connectivity index (χ3n) is 3.49. The first-order valence-corrected chi connectivity index (χ1v) is 7.03. The van der Waals surface area contributed by atoms with E-state index in [0.29, 0.717) is 11.9 Å². The average Bonchev–Trinajstić information content (AvgIpc) is 2.78. The Kier molecular flexibility index (Phi) is 3.52. The second-order valence-corrected chi connectivity index (χ2v) is 5.07. The second-order valence-electron chi connectivity index (χ2n) is 4.70. The summed E-state index contributed by atoms with van der Waals surface area (Å²) in [5.41, 5.74) is 2.26. The third-order valence-corrected chi connectivity index (χ3v) is 3.68. The SMILES string of the molecule is ClCCc1nc2ccccc2n1C1CCCOC1. The maximum absolute atomic E-state index is 5.89. The van der Waals surface area contributed by atoms with Gasteiger partial charge >= 0.3 is 0 Å². The molecule has 1 unspecified atom stereocenters. The first kappa shape index (κ1) is 12.0. The van der Waals surface area contributed by atoms with Crippen molar-refractivity contribution >= 4 is 22.6 Å². The minimum atomic E-state index is 0.407. The Labute approximate surface area is 112 Å². The smallest absolute Gasteiger partial charge is 0.111 e. The summed E-state index contributed by atoms with van der Waals surface area (Å²) < 4.78 is 7.94. The van der Waals surface area contributed by atoms with E-state index in [4.69, 9.17) is 21.3 Å². The Hall–Kier alpha value is -1.06. The molecule has 1 atom stereocenters. The zero-order valence-electron chi connectivity index (χ0n) is 10.3. The number of ether oxygens (including phenoxy) is 1. The van der Waals surface area contributed by atoms with Crippen LogP contribution in [0, 0.1) is 0 Å². The van der Waals surface area contributed by atoms with Crippen molar-refractivity contribution in [3.8, 4) is 0 Å². The molecule has 18 heavy (non-hydrogen) atoms. The van der Waals surface area contributed by atoms with Crippen LogP contribution < -0.4 is 0 Å². The van der Waals surface area contributed by atoms with E-state index in [2.05, 4.69) is 22.8 Å². The summed E-state index contributed by atoms with van der Waals surface area (Å²) in [6, 6.07) is 8.70. The monoisotopic (exact) mass is 264 g/mol. The van der Waals surface area contributed by atoms with Crippen LogP contribution in [0.3, 0.4) is 0 Å². The number of imidazole rings is 1. The Balaban J connectivity index is 2.07. The maximum Gasteiger partial charge on any atom is 0.111 e. The highest BCUT2D eigenvalue weighted by Crippen LogP contribution is 2.27. The number of halogens is 1. The molecule has 0 aliphatic carbocycles. The van der Waals surface area contributed by atoms with Crippen LogP contribution in [0.15, 0.2) is 24.3 Å². The summed E-state index contributed by atoms with van der Waals surface area (Å²) in [6.07, 6.45) is 3.10. The van der Waals surface area contributed by atoms with Gasteiger partial charge in [-0.25, -0.2) is 4.98 Å². The predicted octanol–water partition coefficient (Wildman–Crippen LogP) is 3.17. The highest BCUT2D eigenvalue weighted by molar-refractivity contribution is 6.17. The van der Waals surface area contributed by atoms with Crippen molar-refractivity contribution in [1.29, 1.82) is 0 Å². The van der Waals surface area contributed by atoms with Crippen molar-refractivity contribution in [1.82, 2.24) is 9.55 Å². The molecule has 1 aliphatic heterocycles. The minimum Gasteiger partial charge on any atom is -0.379 e. The zero-order valence-corrected chi connectivity index (χ0v) is 11.1. The van der Waals surface area contributed by atoms with Crippen molar-refractivity contribution in [2.45, 2.75) is 25.3 Å². The summed E-state index contributed by atoms with van der Waals surface area (Å²) >= 11 is 5.89. The molecule has 1 aromatic heterocycles. The van der Waals surface area contributed by atoms with Gasteiger partial charge in [0.15, 0.2) is 0 Å². The standard InChI is InChI=1S/C14H17ClN2O/c15-8-7-14-16-12-5-1-2-6-13(12)17(14)11-4-3-9-18-10-11/h1-2,5-6,11H,3-4,7-10H2. The van der Waals surface area contributed by atoms with Gasteiger partial charge in [-0.3, -0.25) is 0 Å². The lowest BCUT2D eigenvalue weighted by atomic mass is 10.1. The van der Waals surface area contributed by atoms with Crippen molar-refractivity contribution in [2.24, 2.45) is 0 Å². The van der Waals surface area contributed by atoms with Gasteiger partial charge in [-0.1, -0.05) is 12.1 Å². The first-order valence-electron chi connectivity index (χ1n) is 6.49. The topological polar surface area (TPSA) is 27.1 Å². The van der Waals surface area contributed by atoms with Crippen LogP contribution in [0.1, 0.15) is 24.7 Å². The number of aryl methyl sites for hydroxylation is 1. The number of nitrogens with zero attached hydrogens (tertiary/aromatic N) is 2. The summed E-state index contributed by atoms with van der Waals surface area (Å²) in [6.45, 7) is 1.67. The van der Waals surface area contributed by atoms with E-state index in [1.165, 1.54) is 5.52 Å². The molecule has 4 heteroatoms. The molecule has 1 fully saturated rings. The Morgan fingerprint density at radius 3 is 3.06 bits per heavy atom. The molecule has 0 radical (unpaired) electrons. The lowest BCUT2D eigenvalue weighted by Gasteiger charge is -2.25. The van der Waals surface area contributed by atoms with Gasteiger partial charge in [0.25, 0.3) is 0 Å². The zero-order chi connectivity index (χ0) is 12.4. The van der Waals surface area contributed by atoms with Crippen LogP contribution >= 0.6 is 11.6 Å². The second kappa shape index (κ2) is 5.29. The first-order chi connectivity index (χ1) is 8.90. The molecule has 2 aromatic rings. The van der Waals surface area contributed by atoms with Gasteiger partial charge < -0.3 is 9.30 Å². The molecule has 0 amide bonds. The summed E-state index contributed by atoms with van der Waals surface area (Å²) in [5, 5.41) is 0. The van der Waals surface area contributed by atoms with Crippen molar-refractivity contribution in [2.75, 3.05) is 19.1 Å². The van der Waals surface area contributed by atoms with Gasteiger partial charge in [-0.05, 0) is 25.0 Å². The van der Waals surface area contributed by atoms with Crippen LogP contribution in [0.4, 0.5) is 0 Å². The fourth-order valence-corrected chi connectivity index (χ4v) is 2.86. The van der Waals surface area contributed by atoms with Crippen LogP contribution in [0.5, 0.6) is 0 Å². The summed E-state index contributed by atoms with van der Waals surface area (Å²) in [4.78, 5) is 4.70. The number of benzene rings is 1. The quantitative estimate of drug-likeness (QED) is 0.797. The van der Waals surface area contributed by atoms with Crippen LogP contribution in [0.2, 0.25) is 0 Å². The molecule has 1 aromatic carbocycles. The lowest BCUT2D eigenvalue weighted by molar-refractivity contribution is 0.0596. The summed E-state index contributed by atoms with van der Waals surface area (Å²) in [7, 11) is 0. The molecule has 0 bridgehead atoms.